The molecule has 2 nitrogen and oxygen atoms in total. The number of benzene rings is 1. The lowest BCUT2D eigenvalue weighted by Gasteiger charge is -2.04. The SMILES string of the molecule is Cc1ccnn1-c1ccc(F)c(Br)c1. The second-order valence-corrected chi connectivity index (χ2v) is 3.84. The van der Waals surface area contributed by atoms with Crippen LogP contribution in [-0.2, 0) is 0 Å². The summed E-state index contributed by atoms with van der Waals surface area (Å²) in [7, 11) is 0. The van der Waals surface area contributed by atoms with Gasteiger partial charge in [-0.3, -0.25) is 0 Å². The highest BCUT2D eigenvalue weighted by Gasteiger charge is 2.04. The molecule has 0 saturated heterocycles. The molecule has 0 spiro atoms. The molecule has 0 radical (unpaired) electrons. The van der Waals surface area contributed by atoms with Gasteiger partial charge in [0.05, 0.1) is 10.2 Å². The third-order valence-corrected chi connectivity index (χ3v) is 2.59. The molecule has 14 heavy (non-hydrogen) atoms. The van der Waals surface area contributed by atoms with Crippen molar-refractivity contribution < 1.29 is 4.39 Å². The molecule has 0 bridgehead atoms. The first-order valence-electron chi connectivity index (χ1n) is 4.14. The van der Waals surface area contributed by atoms with Crippen molar-refractivity contribution in [2.45, 2.75) is 6.92 Å². The van der Waals surface area contributed by atoms with Crippen LogP contribution < -0.4 is 0 Å². The summed E-state index contributed by atoms with van der Waals surface area (Å²) < 4.78 is 15.2. The summed E-state index contributed by atoms with van der Waals surface area (Å²) in [4.78, 5) is 0. The second-order valence-electron chi connectivity index (χ2n) is 2.98. The van der Waals surface area contributed by atoms with Crippen LogP contribution in [0.15, 0.2) is 34.9 Å². The van der Waals surface area contributed by atoms with E-state index in [0.29, 0.717) is 4.47 Å². The van der Waals surface area contributed by atoms with E-state index in [1.807, 2.05) is 13.0 Å². The molecular formula is C10H8BrFN2. The average molecular weight is 255 g/mol. The molecule has 1 aromatic carbocycles. The highest BCUT2D eigenvalue weighted by molar-refractivity contribution is 9.10. The molecule has 0 N–H and O–H groups in total. The normalized spacial score (nSPS) is 10.5. The van der Waals surface area contributed by atoms with Gasteiger partial charge in [-0.25, -0.2) is 9.07 Å². The molecule has 72 valence electrons. The molecule has 2 rings (SSSR count). The Morgan fingerprint density at radius 2 is 2.14 bits per heavy atom. The van der Waals surface area contributed by atoms with Gasteiger partial charge in [0.15, 0.2) is 0 Å². The van der Waals surface area contributed by atoms with Gasteiger partial charge in [0.2, 0.25) is 0 Å². The molecule has 0 saturated carbocycles. The van der Waals surface area contributed by atoms with Gasteiger partial charge in [-0.2, -0.15) is 5.10 Å². The molecule has 0 unspecified atom stereocenters. The van der Waals surface area contributed by atoms with E-state index in [2.05, 4.69) is 21.0 Å². The van der Waals surface area contributed by atoms with Gasteiger partial charge in [-0.15, -0.1) is 0 Å². The Morgan fingerprint density at radius 3 is 2.71 bits per heavy atom. The van der Waals surface area contributed by atoms with E-state index in [4.69, 9.17) is 0 Å². The van der Waals surface area contributed by atoms with E-state index in [1.165, 1.54) is 6.07 Å². The van der Waals surface area contributed by atoms with Crippen LogP contribution in [0.25, 0.3) is 5.69 Å². The van der Waals surface area contributed by atoms with Gasteiger partial charge in [-0.1, -0.05) is 0 Å². The number of nitrogens with zero attached hydrogens (tertiary/aromatic N) is 2. The van der Waals surface area contributed by atoms with Crippen molar-refractivity contribution in [3.05, 3.63) is 46.4 Å². The summed E-state index contributed by atoms with van der Waals surface area (Å²) >= 11 is 3.14. The van der Waals surface area contributed by atoms with Crippen molar-refractivity contribution in [2.24, 2.45) is 0 Å². The summed E-state index contributed by atoms with van der Waals surface area (Å²) in [6.07, 6.45) is 1.71. The Morgan fingerprint density at radius 1 is 1.36 bits per heavy atom. The van der Waals surface area contributed by atoms with E-state index < -0.39 is 0 Å². The van der Waals surface area contributed by atoms with Gasteiger partial charge in [0.1, 0.15) is 5.82 Å². The Balaban J connectivity index is 2.53. The molecular weight excluding hydrogens is 247 g/mol. The first-order valence-corrected chi connectivity index (χ1v) is 4.94. The van der Waals surface area contributed by atoms with Crippen LogP contribution in [0.5, 0.6) is 0 Å². The predicted molar refractivity (Wildman–Crippen MR) is 56.0 cm³/mol. The molecule has 4 heteroatoms. The van der Waals surface area contributed by atoms with Crippen LogP contribution in [-0.4, -0.2) is 9.78 Å². The molecule has 1 heterocycles. The molecule has 2 aromatic rings. The summed E-state index contributed by atoms with van der Waals surface area (Å²) in [6, 6.07) is 6.72. The first-order chi connectivity index (χ1) is 6.68. The zero-order valence-electron chi connectivity index (χ0n) is 7.54. The van der Waals surface area contributed by atoms with Crippen LogP contribution in [0.3, 0.4) is 0 Å². The van der Waals surface area contributed by atoms with Crippen LogP contribution in [0, 0.1) is 12.7 Å². The number of halogens is 2. The number of hydrogen-bond donors (Lipinski definition) is 0. The molecule has 0 aliphatic heterocycles. The van der Waals surface area contributed by atoms with Gasteiger partial charge < -0.3 is 0 Å². The lowest BCUT2D eigenvalue weighted by molar-refractivity contribution is 0.620. The van der Waals surface area contributed by atoms with Crippen LogP contribution in [0.2, 0.25) is 0 Å². The van der Waals surface area contributed by atoms with Gasteiger partial charge >= 0.3 is 0 Å². The fourth-order valence-electron chi connectivity index (χ4n) is 1.26. The summed E-state index contributed by atoms with van der Waals surface area (Å²) in [5, 5.41) is 4.13. The van der Waals surface area contributed by atoms with Crippen molar-refractivity contribution in [1.82, 2.24) is 9.78 Å². The van der Waals surface area contributed by atoms with Crippen LogP contribution >= 0.6 is 15.9 Å². The maximum absolute atomic E-state index is 13.0. The third-order valence-electron chi connectivity index (χ3n) is 1.98. The third kappa shape index (κ3) is 1.57. The van der Waals surface area contributed by atoms with E-state index in [-0.39, 0.29) is 5.82 Å². The van der Waals surface area contributed by atoms with Crippen molar-refractivity contribution >= 4 is 15.9 Å². The highest BCUT2D eigenvalue weighted by Crippen LogP contribution is 2.19. The zero-order valence-corrected chi connectivity index (χ0v) is 9.12. The molecule has 0 amide bonds. The number of aromatic nitrogens is 2. The number of hydrogen-bond acceptors (Lipinski definition) is 1. The lowest BCUT2D eigenvalue weighted by atomic mass is 10.3. The van der Waals surface area contributed by atoms with Crippen LogP contribution in [0.4, 0.5) is 4.39 Å². The van der Waals surface area contributed by atoms with Crippen molar-refractivity contribution in [3.63, 3.8) is 0 Å². The minimum atomic E-state index is -0.265. The first kappa shape index (κ1) is 9.40. The van der Waals surface area contributed by atoms with Gasteiger partial charge in [0, 0.05) is 11.9 Å². The monoisotopic (exact) mass is 254 g/mol. The Labute approximate surface area is 89.5 Å². The van der Waals surface area contributed by atoms with E-state index >= 15 is 0 Å². The Bertz CT molecular complexity index is 465. The van der Waals surface area contributed by atoms with Crippen LogP contribution in [0.1, 0.15) is 5.69 Å². The maximum Gasteiger partial charge on any atom is 0.137 e. The fourth-order valence-corrected chi connectivity index (χ4v) is 1.62. The predicted octanol–water partition coefficient (Wildman–Crippen LogP) is 3.08. The fraction of sp³-hybridized carbons (Fsp3) is 0.100. The molecule has 0 atom stereocenters. The minimum Gasteiger partial charge on any atom is -0.238 e. The van der Waals surface area contributed by atoms with E-state index in [0.717, 1.165) is 11.4 Å². The summed E-state index contributed by atoms with van der Waals surface area (Å²) in [6.45, 7) is 1.95. The minimum absolute atomic E-state index is 0.265. The number of rotatable bonds is 1. The van der Waals surface area contributed by atoms with Gasteiger partial charge in [-0.05, 0) is 47.1 Å². The number of aryl methyl sites for hydroxylation is 1. The van der Waals surface area contributed by atoms with E-state index in [9.17, 15) is 4.39 Å². The van der Waals surface area contributed by atoms with E-state index in [1.54, 1.807) is 23.0 Å². The zero-order chi connectivity index (χ0) is 10.1. The smallest absolute Gasteiger partial charge is 0.137 e. The Kier molecular flexibility index (Phi) is 2.37. The standard InChI is InChI=1S/C10H8BrFN2/c1-7-4-5-13-14(7)8-2-3-10(12)9(11)6-8/h2-6H,1H3. The highest BCUT2D eigenvalue weighted by atomic mass is 79.9. The Hall–Kier alpha value is -1.16. The summed E-state index contributed by atoms with van der Waals surface area (Å²) in [5.41, 5.74) is 1.87. The molecule has 0 fully saturated rings. The lowest BCUT2D eigenvalue weighted by Crippen LogP contribution is -1.98. The molecule has 0 aliphatic rings. The second kappa shape index (κ2) is 3.53. The largest absolute Gasteiger partial charge is 0.238 e. The maximum atomic E-state index is 13.0. The molecule has 1 aromatic heterocycles. The quantitative estimate of drug-likeness (QED) is 0.765. The average Bonchev–Trinajstić information content (AvgIpc) is 2.57. The van der Waals surface area contributed by atoms with Crippen molar-refractivity contribution in [2.75, 3.05) is 0 Å². The van der Waals surface area contributed by atoms with Gasteiger partial charge in [0.25, 0.3) is 0 Å². The van der Waals surface area contributed by atoms with Crippen molar-refractivity contribution in [3.8, 4) is 5.69 Å². The molecule has 0 aliphatic carbocycles. The van der Waals surface area contributed by atoms with Crippen molar-refractivity contribution in [1.29, 1.82) is 0 Å². The topological polar surface area (TPSA) is 17.8 Å². The summed E-state index contributed by atoms with van der Waals surface area (Å²) in [5.74, 6) is -0.265.